The van der Waals surface area contributed by atoms with E-state index < -0.39 is 0 Å². The van der Waals surface area contributed by atoms with Crippen LogP contribution in [0.25, 0.3) is 0 Å². The normalized spacial score (nSPS) is 21.0. The van der Waals surface area contributed by atoms with Crippen LogP contribution in [0.15, 0.2) is 18.2 Å². The highest BCUT2D eigenvalue weighted by molar-refractivity contribution is 7.80. The summed E-state index contributed by atoms with van der Waals surface area (Å²) in [7, 11) is 0. The Morgan fingerprint density at radius 1 is 1.00 bits per heavy atom. The molecule has 0 unspecified atom stereocenters. The number of hydrogen-bond donors (Lipinski definition) is 1. The van der Waals surface area contributed by atoms with Gasteiger partial charge < -0.3 is 24.6 Å². The molecule has 0 amide bonds. The molecule has 0 radical (unpaired) electrons. The van der Waals surface area contributed by atoms with Gasteiger partial charge in [-0.25, -0.2) is 0 Å². The molecule has 1 aromatic carbocycles. The molecule has 1 N–H and O–H groups in total. The Kier molecular flexibility index (Phi) is 4.65. The van der Waals surface area contributed by atoms with Crippen LogP contribution in [0, 0.1) is 0 Å². The van der Waals surface area contributed by atoms with E-state index in [4.69, 9.17) is 21.7 Å². The van der Waals surface area contributed by atoms with E-state index in [1.165, 1.54) is 37.8 Å². The highest BCUT2D eigenvalue weighted by atomic mass is 32.1. The molecule has 6 heteroatoms. The Hall–Kier alpha value is -1.69. The van der Waals surface area contributed by atoms with Crippen LogP contribution in [0.3, 0.4) is 0 Å². The predicted molar refractivity (Wildman–Crippen MR) is 99.0 cm³/mol. The lowest BCUT2D eigenvalue weighted by molar-refractivity contribution is 0.174. The van der Waals surface area contributed by atoms with Crippen LogP contribution >= 0.6 is 12.2 Å². The van der Waals surface area contributed by atoms with Crippen molar-refractivity contribution < 1.29 is 9.47 Å². The van der Waals surface area contributed by atoms with E-state index in [-0.39, 0.29) is 0 Å². The van der Waals surface area contributed by atoms with Crippen LogP contribution in [0.5, 0.6) is 11.5 Å². The van der Waals surface area contributed by atoms with Crippen molar-refractivity contribution in [2.75, 3.05) is 37.9 Å². The molecule has 2 aliphatic heterocycles. The summed E-state index contributed by atoms with van der Waals surface area (Å²) in [6.45, 7) is 4.21. The first-order valence-corrected chi connectivity index (χ1v) is 9.40. The fourth-order valence-electron chi connectivity index (χ4n) is 3.76. The fourth-order valence-corrected chi connectivity index (χ4v) is 4.11. The van der Waals surface area contributed by atoms with Gasteiger partial charge in [-0.1, -0.05) is 19.3 Å². The minimum atomic E-state index is 0.327. The van der Waals surface area contributed by atoms with Crippen molar-refractivity contribution in [3.63, 3.8) is 0 Å². The zero-order valence-corrected chi connectivity index (χ0v) is 14.8. The third-order valence-electron chi connectivity index (χ3n) is 5.22. The Balaban J connectivity index is 1.30. The van der Waals surface area contributed by atoms with Crippen LogP contribution in [0.2, 0.25) is 0 Å². The smallest absolute Gasteiger partial charge is 0.231 e. The maximum absolute atomic E-state index is 5.63. The van der Waals surface area contributed by atoms with Crippen molar-refractivity contribution in [2.45, 2.75) is 38.1 Å². The maximum Gasteiger partial charge on any atom is 0.231 e. The summed E-state index contributed by atoms with van der Waals surface area (Å²) in [5.74, 6) is 1.69. The molecule has 0 spiro atoms. The van der Waals surface area contributed by atoms with Crippen LogP contribution in [-0.2, 0) is 0 Å². The molecule has 0 bridgehead atoms. The highest BCUT2D eigenvalue weighted by Gasteiger charge is 2.23. The van der Waals surface area contributed by atoms with Crippen molar-refractivity contribution in [1.29, 1.82) is 0 Å². The topological polar surface area (TPSA) is 37.0 Å². The van der Waals surface area contributed by atoms with Gasteiger partial charge in [-0.3, -0.25) is 0 Å². The Morgan fingerprint density at radius 2 is 1.75 bits per heavy atom. The summed E-state index contributed by atoms with van der Waals surface area (Å²) in [5.41, 5.74) is 1.20. The number of thiocarbonyl (C=S) groups is 1. The van der Waals surface area contributed by atoms with Gasteiger partial charge in [-0.15, -0.1) is 0 Å². The van der Waals surface area contributed by atoms with Gasteiger partial charge in [0.15, 0.2) is 16.6 Å². The molecule has 2 fully saturated rings. The van der Waals surface area contributed by atoms with E-state index >= 15 is 0 Å². The molecule has 0 aromatic heterocycles. The second-order valence-corrected chi connectivity index (χ2v) is 7.18. The van der Waals surface area contributed by atoms with Crippen LogP contribution < -0.4 is 19.7 Å². The largest absolute Gasteiger partial charge is 0.454 e. The number of piperazine rings is 1. The Morgan fingerprint density at radius 3 is 2.54 bits per heavy atom. The summed E-state index contributed by atoms with van der Waals surface area (Å²) >= 11 is 5.63. The number of nitrogens with one attached hydrogen (secondary N) is 1. The zero-order chi connectivity index (χ0) is 16.4. The molecule has 4 rings (SSSR count). The summed E-state index contributed by atoms with van der Waals surface area (Å²) in [6, 6.07) is 6.77. The van der Waals surface area contributed by atoms with Gasteiger partial charge in [0.2, 0.25) is 6.79 Å². The van der Waals surface area contributed by atoms with E-state index in [9.17, 15) is 0 Å². The minimum absolute atomic E-state index is 0.327. The van der Waals surface area contributed by atoms with Crippen LogP contribution in [0.1, 0.15) is 32.1 Å². The second-order valence-electron chi connectivity index (χ2n) is 6.80. The molecule has 1 saturated heterocycles. The fraction of sp³-hybridized carbons (Fsp3) is 0.611. The Labute approximate surface area is 148 Å². The molecule has 1 saturated carbocycles. The molecular formula is C18H25N3O2S. The first kappa shape index (κ1) is 15.8. The number of ether oxygens (including phenoxy) is 2. The van der Waals surface area contributed by atoms with E-state index in [1.54, 1.807) is 0 Å². The molecule has 5 nitrogen and oxygen atoms in total. The first-order chi connectivity index (χ1) is 11.8. The van der Waals surface area contributed by atoms with Crippen molar-refractivity contribution in [3.05, 3.63) is 18.2 Å². The van der Waals surface area contributed by atoms with E-state index in [2.05, 4.69) is 27.2 Å². The molecule has 1 aliphatic carbocycles. The van der Waals surface area contributed by atoms with Gasteiger partial charge in [0.1, 0.15) is 0 Å². The molecule has 2 heterocycles. The molecular weight excluding hydrogens is 322 g/mol. The van der Waals surface area contributed by atoms with Gasteiger partial charge in [-0.2, -0.15) is 0 Å². The predicted octanol–water partition coefficient (Wildman–Crippen LogP) is 2.74. The average Bonchev–Trinajstić information content (AvgIpc) is 3.10. The van der Waals surface area contributed by atoms with E-state index in [0.717, 1.165) is 42.8 Å². The first-order valence-electron chi connectivity index (χ1n) is 9.00. The number of fused-ring (bicyclic) bond motifs is 1. The molecule has 130 valence electrons. The van der Waals surface area contributed by atoms with Crippen LogP contribution in [-0.4, -0.2) is 49.0 Å². The second kappa shape index (κ2) is 7.05. The van der Waals surface area contributed by atoms with Gasteiger partial charge in [0, 0.05) is 44.0 Å². The maximum atomic E-state index is 5.63. The highest BCUT2D eigenvalue weighted by Crippen LogP contribution is 2.35. The third-order valence-corrected chi connectivity index (χ3v) is 5.60. The molecule has 0 atom stereocenters. The van der Waals surface area contributed by atoms with Gasteiger partial charge >= 0.3 is 0 Å². The number of hydrogen-bond acceptors (Lipinski definition) is 4. The lowest BCUT2D eigenvalue weighted by Gasteiger charge is -2.38. The lowest BCUT2D eigenvalue weighted by Crippen LogP contribution is -2.53. The summed E-state index contributed by atoms with van der Waals surface area (Å²) in [5, 5.41) is 4.52. The average molecular weight is 347 g/mol. The van der Waals surface area contributed by atoms with Crippen molar-refractivity contribution >= 4 is 23.0 Å². The standard InChI is InChI=1S/C18H25N3O2S/c24-18(19-14-4-2-1-3-5-14)21-10-8-20(9-11-21)15-6-7-16-17(12-15)23-13-22-16/h6-7,12,14H,1-5,8-11,13H2,(H,19,24). The number of nitrogens with zero attached hydrogens (tertiary/aromatic N) is 2. The summed E-state index contributed by atoms with van der Waals surface area (Å²) in [6.07, 6.45) is 6.56. The van der Waals surface area contributed by atoms with E-state index in [1.807, 2.05) is 6.07 Å². The zero-order valence-electron chi connectivity index (χ0n) is 14.0. The van der Waals surface area contributed by atoms with Crippen molar-refractivity contribution in [2.24, 2.45) is 0 Å². The molecule has 3 aliphatic rings. The minimum Gasteiger partial charge on any atom is -0.454 e. The van der Waals surface area contributed by atoms with Gasteiger partial charge in [-0.05, 0) is 37.2 Å². The Bertz CT molecular complexity index is 596. The quantitative estimate of drug-likeness (QED) is 0.829. The number of benzene rings is 1. The van der Waals surface area contributed by atoms with Crippen molar-refractivity contribution in [1.82, 2.24) is 10.2 Å². The SMILES string of the molecule is S=C(NC1CCCCC1)N1CCN(c2ccc3c(c2)OCO3)CC1. The lowest BCUT2D eigenvalue weighted by atomic mass is 9.96. The molecule has 1 aromatic rings. The summed E-state index contributed by atoms with van der Waals surface area (Å²) in [4.78, 5) is 4.70. The van der Waals surface area contributed by atoms with Crippen LogP contribution in [0.4, 0.5) is 5.69 Å². The number of anilines is 1. The third kappa shape index (κ3) is 3.38. The monoisotopic (exact) mass is 347 g/mol. The number of rotatable bonds is 2. The molecule has 24 heavy (non-hydrogen) atoms. The van der Waals surface area contributed by atoms with Gasteiger partial charge in [0.25, 0.3) is 0 Å². The van der Waals surface area contributed by atoms with E-state index in [0.29, 0.717) is 12.8 Å². The summed E-state index contributed by atoms with van der Waals surface area (Å²) < 4.78 is 10.9. The van der Waals surface area contributed by atoms with Gasteiger partial charge in [0.05, 0.1) is 0 Å². The van der Waals surface area contributed by atoms with Crippen molar-refractivity contribution in [3.8, 4) is 11.5 Å².